The third kappa shape index (κ3) is 4.10. The monoisotopic (exact) mass is 571 g/mol. The fraction of sp³-hybridized carbons (Fsp3) is 0.192. The van der Waals surface area contributed by atoms with Crippen molar-refractivity contribution in [2.75, 3.05) is 26.2 Å². The van der Waals surface area contributed by atoms with E-state index < -0.39 is 34.7 Å². The van der Waals surface area contributed by atoms with Crippen molar-refractivity contribution in [1.29, 1.82) is 0 Å². The lowest BCUT2D eigenvalue weighted by Gasteiger charge is -2.50. The van der Waals surface area contributed by atoms with Gasteiger partial charge in [-0.15, -0.1) is 0 Å². The van der Waals surface area contributed by atoms with E-state index >= 15 is 0 Å². The van der Waals surface area contributed by atoms with Crippen LogP contribution in [-0.2, 0) is 4.79 Å². The Morgan fingerprint density at radius 2 is 1.36 bits per heavy atom. The van der Waals surface area contributed by atoms with Crippen LogP contribution in [0.5, 0.6) is 17.2 Å². The Bertz CT molecular complexity index is 1530. The van der Waals surface area contributed by atoms with E-state index in [0.29, 0.717) is 17.0 Å². The predicted molar refractivity (Wildman–Crippen MR) is 140 cm³/mol. The van der Waals surface area contributed by atoms with E-state index in [4.69, 9.17) is 37.4 Å². The fourth-order valence-electron chi connectivity index (χ4n) is 4.91. The van der Waals surface area contributed by atoms with E-state index in [1.165, 1.54) is 50.5 Å². The van der Waals surface area contributed by atoms with E-state index in [1.54, 1.807) is 12.1 Å². The zero-order valence-corrected chi connectivity index (χ0v) is 22.1. The molecule has 0 aromatic heterocycles. The first-order valence-corrected chi connectivity index (χ1v) is 12.1. The second-order valence-electron chi connectivity index (χ2n) is 8.65. The molecule has 0 bridgehead atoms. The second kappa shape index (κ2) is 9.75. The maximum atomic E-state index is 13.7. The number of rotatable bonds is 7. The Labute approximate surface area is 231 Å². The van der Waals surface area contributed by atoms with Crippen LogP contribution in [0.25, 0.3) is 0 Å². The highest BCUT2D eigenvalue weighted by atomic mass is 35.5. The van der Waals surface area contributed by atoms with Crippen LogP contribution in [0.2, 0.25) is 10.0 Å². The van der Waals surface area contributed by atoms with E-state index in [1.807, 2.05) is 0 Å². The molecule has 1 saturated heterocycles. The fourth-order valence-corrected chi connectivity index (χ4v) is 5.42. The molecule has 5 rings (SSSR count). The van der Waals surface area contributed by atoms with Crippen LogP contribution in [0.4, 0.5) is 11.4 Å². The Hall–Kier alpha value is -4.35. The van der Waals surface area contributed by atoms with Crippen molar-refractivity contribution in [2.24, 2.45) is 0 Å². The van der Waals surface area contributed by atoms with Crippen LogP contribution in [0.15, 0.2) is 48.5 Å². The molecule has 3 amide bonds. The normalized spacial score (nSPS) is 18.1. The van der Waals surface area contributed by atoms with Crippen LogP contribution < -0.4 is 19.1 Å². The number of carbonyl (C=O) groups is 3. The number of non-ortho nitro benzene ring substituents is 1. The number of anilines is 1. The van der Waals surface area contributed by atoms with E-state index in [0.717, 1.165) is 17.0 Å². The van der Waals surface area contributed by atoms with Gasteiger partial charge in [-0.3, -0.25) is 29.4 Å². The van der Waals surface area contributed by atoms with Crippen molar-refractivity contribution in [3.63, 3.8) is 0 Å². The molecule has 13 heteroatoms. The quantitative estimate of drug-likeness (QED) is 0.173. The molecular weight excluding hydrogens is 553 g/mol. The average Bonchev–Trinajstić information content (AvgIpc) is 3.14. The van der Waals surface area contributed by atoms with Gasteiger partial charge in [0.1, 0.15) is 6.04 Å². The first-order chi connectivity index (χ1) is 18.6. The third-order valence-corrected chi connectivity index (χ3v) is 7.05. The summed E-state index contributed by atoms with van der Waals surface area (Å²) in [6, 6.07) is 8.92. The highest BCUT2D eigenvalue weighted by Crippen LogP contribution is 2.49. The largest absolute Gasteiger partial charge is 0.493 e. The van der Waals surface area contributed by atoms with E-state index in [2.05, 4.69) is 0 Å². The zero-order valence-electron chi connectivity index (χ0n) is 20.6. The number of ether oxygens (including phenoxy) is 3. The molecule has 200 valence electrons. The summed E-state index contributed by atoms with van der Waals surface area (Å²) < 4.78 is 16.3. The van der Waals surface area contributed by atoms with Crippen LogP contribution in [0, 0.1) is 10.1 Å². The van der Waals surface area contributed by atoms with Crippen molar-refractivity contribution < 1.29 is 33.5 Å². The van der Waals surface area contributed by atoms with Gasteiger partial charge in [0.15, 0.2) is 11.5 Å². The molecule has 2 atom stereocenters. The molecule has 3 aromatic carbocycles. The van der Waals surface area contributed by atoms with Crippen LogP contribution in [0.1, 0.15) is 32.3 Å². The van der Waals surface area contributed by atoms with E-state index in [9.17, 15) is 24.5 Å². The molecule has 0 saturated carbocycles. The second-order valence-corrected chi connectivity index (χ2v) is 9.52. The molecule has 2 aliphatic rings. The molecule has 0 radical (unpaired) electrons. The molecule has 0 N–H and O–H groups in total. The summed E-state index contributed by atoms with van der Waals surface area (Å²) in [6.45, 7) is 0. The summed E-state index contributed by atoms with van der Waals surface area (Å²) in [4.78, 5) is 53.3. The minimum atomic E-state index is -1.29. The van der Waals surface area contributed by atoms with Gasteiger partial charge in [-0.1, -0.05) is 23.2 Å². The van der Waals surface area contributed by atoms with Crippen LogP contribution >= 0.6 is 23.2 Å². The molecule has 2 aliphatic heterocycles. The van der Waals surface area contributed by atoms with Crippen molar-refractivity contribution in [2.45, 2.75) is 12.1 Å². The number of nitrogens with zero attached hydrogens (tertiary/aromatic N) is 3. The van der Waals surface area contributed by atoms with Gasteiger partial charge in [-0.25, -0.2) is 0 Å². The van der Waals surface area contributed by atoms with Crippen LogP contribution in [0.3, 0.4) is 0 Å². The lowest BCUT2D eigenvalue weighted by molar-refractivity contribution is -0.384. The number of nitro benzene ring substituents is 1. The third-order valence-electron chi connectivity index (χ3n) is 6.61. The van der Waals surface area contributed by atoms with Gasteiger partial charge in [0.2, 0.25) is 5.75 Å². The molecule has 3 aromatic rings. The van der Waals surface area contributed by atoms with Gasteiger partial charge in [0, 0.05) is 27.9 Å². The Balaban J connectivity index is 1.66. The predicted octanol–water partition coefficient (Wildman–Crippen LogP) is 4.68. The first kappa shape index (κ1) is 26.3. The molecule has 11 nitrogen and oxygen atoms in total. The minimum absolute atomic E-state index is 0.0358. The molecular formula is C26H19Cl2N3O8. The average molecular weight is 572 g/mol. The number of hydrogen-bond acceptors (Lipinski definition) is 8. The lowest BCUT2D eigenvalue weighted by atomic mass is 9.86. The maximum Gasteiger partial charge on any atom is 0.270 e. The van der Waals surface area contributed by atoms with Crippen molar-refractivity contribution >= 4 is 52.3 Å². The Morgan fingerprint density at radius 3 is 1.90 bits per heavy atom. The molecule has 1 fully saturated rings. The number of β-lactam (4-membered cyclic amide) rings is 1. The summed E-state index contributed by atoms with van der Waals surface area (Å²) in [5.74, 6) is -1.28. The summed E-state index contributed by atoms with van der Waals surface area (Å²) >= 11 is 12.4. The standard InChI is InChI=1S/C26H19Cl2N3O8/c1-37-19-6-12(7-20(38-2)23(19)39-3)21-22(26(34)29(21)16-9-13(27)8-14(28)10-16)30-24(32)17-5-4-15(31(35)36)11-18(17)25(30)33/h4-11,21-22H,1-3H3. The number of methoxy groups -OCH3 is 3. The van der Waals surface area contributed by atoms with Gasteiger partial charge in [0.05, 0.1) is 43.4 Å². The Morgan fingerprint density at radius 1 is 0.769 bits per heavy atom. The summed E-state index contributed by atoms with van der Waals surface area (Å²) in [6.07, 6.45) is 0. The molecule has 2 heterocycles. The van der Waals surface area contributed by atoms with E-state index in [-0.39, 0.29) is 38.4 Å². The number of carbonyl (C=O) groups excluding carboxylic acids is 3. The number of nitro groups is 1. The van der Waals surface area contributed by atoms with Gasteiger partial charge >= 0.3 is 0 Å². The summed E-state index contributed by atoms with van der Waals surface area (Å²) in [7, 11) is 4.29. The number of hydrogen-bond donors (Lipinski definition) is 0. The molecule has 0 spiro atoms. The summed E-state index contributed by atoms with van der Waals surface area (Å²) in [5, 5.41) is 11.8. The lowest BCUT2D eigenvalue weighted by Crippen LogP contribution is -2.67. The summed E-state index contributed by atoms with van der Waals surface area (Å²) in [5.41, 5.74) is 0.238. The smallest absolute Gasteiger partial charge is 0.270 e. The van der Waals surface area contributed by atoms with Gasteiger partial charge < -0.3 is 19.1 Å². The maximum absolute atomic E-state index is 13.7. The molecule has 2 unspecified atom stereocenters. The van der Waals surface area contributed by atoms with Gasteiger partial charge in [-0.2, -0.15) is 0 Å². The zero-order chi connectivity index (χ0) is 28.2. The Kier molecular flexibility index (Phi) is 6.57. The first-order valence-electron chi connectivity index (χ1n) is 11.4. The molecule has 0 aliphatic carbocycles. The topological polar surface area (TPSA) is 129 Å². The van der Waals surface area contributed by atoms with Crippen molar-refractivity contribution in [1.82, 2.24) is 4.90 Å². The minimum Gasteiger partial charge on any atom is -0.493 e. The van der Waals surface area contributed by atoms with Gasteiger partial charge in [-0.05, 0) is 42.0 Å². The number of halogens is 2. The highest BCUT2D eigenvalue weighted by molar-refractivity contribution is 6.35. The number of imide groups is 1. The van der Waals surface area contributed by atoms with Crippen molar-refractivity contribution in [3.05, 3.63) is 85.4 Å². The number of fused-ring (bicyclic) bond motifs is 1. The van der Waals surface area contributed by atoms with Crippen molar-refractivity contribution in [3.8, 4) is 17.2 Å². The SMILES string of the molecule is COc1cc(C2C(N3C(=O)c4ccc([N+](=O)[O-])cc4C3=O)C(=O)N2c2cc(Cl)cc(Cl)c2)cc(OC)c1OC. The highest BCUT2D eigenvalue weighted by Gasteiger charge is 2.58. The van der Waals surface area contributed by atoms with Crippen LogP contribution in [-0.4, -0.2) is 54.9 Å². The van der Waals surface area contributed by atoms with Gasteiger partial charge in [0.25, 0.3) is 23.4 Å². The number of amides is 3. The molecule has 39 heavy (non-hydrogen) atoms. The number of benzene rings is 3.